The molecule has 0 saturated heterocycles. The molecule has 1 rings (SSSR count). The van der Waals surface area contributed by atoms with E-state index in [1.807, 2.05) is 38.1 Å². The van der Waals surface area contributed by atoms with E-state index >= 15 is 0 Å². The lowest BCUT2D eigenvalue weighted by molar-refractivity contribution is -0.124. The molecule has 1 aromatic carbocycles. The molecule has 0 fully saturated rings. The van der Waals surface area contributed by atoms with Gasteiger partial charge in [0.25, 0.3) is 5.91 Å². The fourth-order valence-electron chi connectivity index (χ4n) is 1.79. The van der Waals surface area contributed by atoms with Gasteiger partial charge in [-0.1, -0.05) is 32.0 Å². The van der Waals surface area contributed by atoms with Gasteiger partial charge in [0.15, 0.2) is 6.61 Å². The maximum absolute atomic E-state index is 11.9. The smallest absolute Gasteiger partial charge is 0.258 e. The van der Waals surface area contributed by atoms with Gasteiger partial charge in [0.2, 0.25) is 0 Å². The van der Waals surface area contributed by atoms with E-state index in [1.54, 1.807) is 7.11 Å². The lowest BCUT2D eigenvalue weighted by Gasteiger charge is -2.21. The summed E-state index contributed by atoms with van der Waals surface area (Å²) >= 11 is 0. The number of nitrogens with one attached hydrogen (secondary N) is 1. The number of nitrogens with two attached hydrogens (primary N) is 1. The van der Waals surface area contributed by atoms with Crippen LogP contribution < -0.4 is 15.8 Å². The third-order valence-electron chi connectivity index (χ3n) is 3.05. The topological polar surface area (TPSA) is 73.6 Å². The summed E-state index contributed by atoms with van der Waals surface area (Å²) in [6, 6.07) is 7.43. The Kier molecular flexibility index (Phi) is 7.04. The molecule has 0 saturated carbocycles. The van der Waals surface area contributed by atoms with E-state index in [0.717, 1.165) is 5.56 Å². The van der Waals surface area contributed by atoms with E-state index in [2.05, 4.69) is 5.32 Å². The molecule has 112 valence electrons. The molecule has 1 amide bonds. The predicted molar refractivity (Wildman–Crippen MR) is 78.5 cm³/mol. The normalized spacial score (nSPS) is 12.2. The van der Waals surface area contributed by atoms with Gasteiger partial charge in [-0.3, -0.25) is 4.79 Å². The molecule has 0 spiro atoms. The van der Waals surface area contributed by atoms with E-state index < -0.39 is 0 Å². The number of benzene rings is 1. The molecule has 1 atom stereocenters. The molecule has 1 unspecified atom stereocenters. The monoisotopic (exact) mass is 280 g/mol. The summed E-state index contributed by atoms with van der Waals surface area (Å²) in [5, 5.41) is 2.90. The molecule has 0 radical (unpaired) electrons. The minimum Gasteiger partial charge on any atom is -0.483 e. The van der Waals surface area contributed by atoms with Crippen molar-refractivity contribution in [1.82, 2.24) is 5.32 Å². The van der Waals surface area contributed by atoms with Crippen LogP contribution in [0.1, 0.15) is 19.4 Å². The van der Waals surface area contributed by atoms with Crippen LogP contribution in [0.4, 0.5) is 0 Å². The second kappa shape index (κ2) is 8.55. The molecule has 5 nitrogen and oxygen atoms in total. The van der Waals surface area contributed by atoms with Crippen molar-refractivity contribution in [1.29, 1.82) is 0 Å². The Morgan fingerprint density at radius 1 is 1.35 bits per heavy atom. The van der Waals surface area contributed by atoms with Crippen molar-refractivity contribution in [2.24, 2.45) is 11.7 Å². The van der Waals surface area contributed by atoms with Gasteiger partial charge in [0.05, 0.1) is 12.6 Å². The molecule has 20 heavy (non-hydrogen) atoms. The summed E-state index contributed by atoms with van der Waals surface area (Å²) in [7, 11) is 1.62. The first-order chi connectivity index (χ1) is 9.58. The standard InChI is InChI=1S/C15H24N2O3/c1-11(2)13(9-19-3)17-15(18)10-20-14-7-5-4-6-12(14)8-16/h4-7,11,13H,8-10,16H2,1-3H3,(H,17,18). The maximum Gasteiger partial charge on any atom is 0.258 e. The molecule has 3 N–H and O–H groups in total. The summed E-state index contributed by atoms with van der Waals surface area (Å²) in [4.78, 5) is 11.9. The highest BCUT2D eigenvalue weighted by Gasteiger charge is 2.16. The molecule has 0 aliphatic carbocycles. The number of rotatable bonds is 8. The third-order valence-corrected chi connectivity index (χ3v) is 3.05. The van der Waals surface area contributed by atoms with Crippen LogP contribution in [0.15, 0.2) is 24.3 Å². The zero-order chi connectivity index (χ0) is 15.0. The van der Waals surface area contributed by atoms with Gasteiger partial charge < -0.3 is 20.5 Å². The fourth-order valence-corrected chi connectivity index (χ4v) is 1.79. The first-order valence-corrected chi connectivity index (χ1v) is 6.77. The zero-order valence-electron chi connectivity index (χ0n) is 12.4. The largest absolute Gasteiger partial charge is 0.483 e. The van der Waals surface area contributed by atoms with Gasteiger partial charge in [-0.25, -0.2) is 0 Å². The highest BCUT2D eigenvalue weighted by Crippen LogP contribution is 2.16. The lowest BCUT2D eigenvalue weighted by atomic mass is 10.1. The predicted octanol–water partition coefficient (Wildman–Crippen LogP) is 1.31. The van der Waals surface area contributed by atoms with Crippen LogP contribution in [0.5, 0.6) is 5.75 Å². The van der Waals surface area contributed by atoms with E-state index in [9.17, 15) is 4.79 Å². The summed E-state index contributed by atoms with van der Waals surface area (Å²) in [5.74, 6) is 0.792. The highest BCUT2D eigenvalue weighted by molar-refractivity contribution is 5.77. The summed E-state index contributed by atoms with van der Waals surface area (Å²) in [6.45, 7) is 4.92. The van der Waals surface area contributed by atoms with Crippen molar-refractivity contribution >= 4 is 5.91 Å². The van der Waals surface area contributed by atoms with Gasteiger partial charge in [0, 0.05) is 19.2 Å². The molecule has 5 heteroatoms. The Balaban J connectivity index is 2.50. The van der Waals surface area contributed by atoms with Gasteiger partial charge in [-0.15, -0.1) is 0 Å². The highest BCUT2D eigenvalue weighted by atomic mass is 16.5. The van der Waals surface area contributed by atoms with Crippen molar-refractivity contribution in [3.63, 3.8) is 0 Å². The lowest BCUT2D eigenvalue weighted by Crippen LogP contribution is -2.43. The van der Waals surface area contributed by atoms with Gasteiger partial charge in [0.1, 0.15) is 5.75 Å². The Morgan fingerprint density at radius 3 is 2.65 bits per heavy atom. The number of amides is 1. The van der Waals surface area contributed by atoms with E-state index in [-0.39, 0.29) is 18.6 Å². The molecule has 0 bridgehead atoms. The minimum atomic E-state index is -0.160. The van der Waals surface area contributed by atoms with Crippen molar-refractivity contribution < 1.29 is 14.3 Å². The van der Waals surface area contributed by atoms with Crippen LogP contribution in [0.2, 0.25) is 0 Å². The Bertz CT molecular complexity index is 421. The average Bonchev–Trinajstić information content (AvgIpc) is 2.44. The summed E-state index contributed by atoms with van der Waals surface area (Å²) in [5.41, 5.74) is 6.51. The number of hydrogen-bond acceptors (Lipinski definition) is 4. The number of hydrogen-bond donors (Lipinski definition) is 2. The van der Waals surface area contributed by atoms with Crippen LogP contribution in [0.25, 0.3) is 0 Å². The molecule has 1 aromatic rings. The molecular formula is C15H24N2O3. The molecule has 0 aliphatic rings. The molecule has 0 aromatic heterocycles. The van der Waals surface area contributed by atoms with Crippen LogP contribution >= 0.6 is 0 Å². The minimum absolute atomic E-state index is 0.0131. The van der Waals surface area contributed by atoms with Gasteiger partial charge in [-0.05, 0) is 12.0 Å². The second-order valence-electron chi connectivity index (χ2n) is 4.97. The number of carbonyl (C=O) groups is 1. The number of para-hydroxylation sites is 1. The average molecular weight is 280 g/mol. The quantitative estimate of drug-likeness (QED) is 0.753. The van der Waals surface area contributed by atoms with E-state index in [1.165, 1.54) is 0 Å². The van der Waals surface area contributed by atoms with Crippen LogP contribution in [-0.4, -0.2) is 32.3 Å². The van der Waals surface area contributed by atoms with Crippen molar-refractivity contribution in [3.05, 3.63) is 29.8 Å². The Hall–Kier alpha value is -1.59. The SMILES string of the molecule is COCC(NC(=O)COc1ccccc1CN)C(C)C. The van der Waals surface area contributed by atoms with E-state index in [0.29, 0.717) is 24.8 Å². The number of carbonyl (C=O) groups excluding carboxylic acids is 1. The van der Waals surface area contributed by atoms with Gasteiger partial charge in [-0.2, -0.15) is 0 Å². The molecule has 0 aliphatic heterocycles. The van der Waals surface area contributed by atoms with Crippen molar-refractivity contribution in [2.75, 3.05) is 20.3 Å². The second-order valence-corrected chi connectivity index (χ2v) is 4.97. The van der Waals surface area contributed by atoms with E-state index in [4.69, 9.17) is 15.2 Å². The number of ether oxygens (including phenoxy) is 2. The fraction of sp³-hybridized carbons (Fsp3) is 0.533. The Labute approximate surface area is 120 Å². The summed E-state index contributed by atoms with van der Waals surface area (Å²) in [6.07, 6.45) is 0. The van der Waals surface area contributed by atoms with Crippen molar-refractivity contribution in [2.45, 2.75) is 26.4 Å². The van der Waals surface area contributed by atoms with Crippen LogP contribution in [0, 0.1) is 5.92 Å². The maximum atomic E-state index is 11.9. The molecular weight excluding hydrogens is 256 g/mol. The first kappa shape index (κ1) is 16.5. The zero-order valence-corrected chi connectivity index (χ0v) is 12.4. The van der Waals surface area contributed by atoms with Crippen LogP contribution in [0.3, 0.4) is 0 Å². The summed E-state index contributed by atoms with van der Waals surface area (Å²) < 4.78 is 10.6. The van der Waals surface area contributed by atoms with Gasteiger partial charge >= 0.3 is 0 Å². The third kappa shape index (κ3) is 5.19. The Morgan fingerprint density at radius 2 is 2.05 bits per heavy atom. The van der Waals surface area contributed by atoms with Crippen molar-refractivity contribution in [3.8, 4) is 5.75 Å². The van der Waals surface area contributed by atoms with Crippen LogP contribution in [-0.2, 0) is 16.1 Å². The number of methoxy groups -OCH3 is 1. The molecule has 0 heterocycles. The first-order valence-electron chi connectivity index (χ1n) is 6.77.